The quantitative estimate of drug-likeness (QED) is 0.511. The number of nitrogen functional groups attached to an aromatic ring is 1. The van der Waals surface area contributed by atoms with Gasteiger partial charge in [-0.15, -0.1) is 11.3 Å². The Morgan fingerprint density at radius 3 is 2.89 bits per heavy atom. The lowest BCUT2D eigenvalue weighted by atomic mass is 10.3. The zero-order valence-corrected chi connectivity index (χ0v) is 11.6. The van der Waals surface area contributed by atoms with Crippen molar-refractivity contribution in [1.82, 2.24) is 9.97 Å². The Balaban J connectivity index is 1.98. The number of thiophene rings is 1. The molecule has 0 atom stereocenters. The number of hydrazine groups is 1. The molecule has 0 spiro atoms. The molecule has 3 N–H and O–H groups in total. The molecule has 3 rings (SSSR count). The minimum Gasteiger partial charge on any atom is -0.308 e. The number of nitrogens with two attached hydrogens (primary N) is 1. The highest BCUT2D eigenvalue weighted by molar-refractivity contribution is 8.01. The molecule has 0 radical (unpaired) electrons. The molecule has 0 unspecified atom stereocenters. The van der Waals surface area contributed by atoms with Crippen molar-refractivity contribution in [1.29, 1.82) is 0 Å². The topological polar surface area (TPSA) is 63.8 Å². The molecular weight excluding hydrogens is 264 g/mol. The Bertz CT molecular complexity index is 549. The molecule has 1 aliphatic carbocycles. The first kappa shape index (κ1) is 12.0. The lowest BCUT2D eigenvalue weighted by Crippen LogP contribution is -2.12. The van der Waals surface area contributed by atoms with Gasteiger partial charge in [-0.1, -0.05) is 17.8 Å². The van der Waals surface area contributed by atoms with Gasteiger partial charge in [0.25, 0.3) is 0 Å². The van der Waals surface area contributed by atoms with E-state index in [4.69, 9.17) is 5.84 Å². The summed E-state index contributed by atoms with van der Waals surface area (Å²) in [5.41, 5.74) is 3.69. The van der Waals surface area contributed by atoms with Crippen molar-refractivity contribution in [2.45, 2.75) is 34.9 Å². The molecule has 4 nitrogen and oxygen atoms in total. The zero-order chi connectivity index (χ0) is 12.5. The molecule has 2 heterocycles. The van der Waals surface area contributed by atoms with Crippen molar-refractivity contribution in [3.63, 3.8) is 0 Å². The van der Waals surface area contributed by atoms with Gasteiger partial charge in [-0.25, -0.2) is 15.8 Å². The summed E-state index contributed by atoms with van der Waals surface area (Å²) in [5.74, 6) is 7.73. The Morgan fingerprint density at radius 1 is 1.44 bits per heavy atom. The fourth-order valence-electron chi connectivity index (χ4n) is 1.69. The lowest BCUT2D eigenvalue weighted by molar-refractivity contribution is 0.862. The predicted molar refractivity (Wildman–Crippen MR) is 75.0 cm³/mol. The summed E-state index contributed by atoms with van der Waals surface area (Å²) in [4.78, 5) is 9.17. The van der Waals surface area contributed by atoms with E-state index in [0.29, 0.717) is 5.92 Å². The summed E-state index contributed by atoms with van der Waals surface area (Å²) < 4.78 is 1.24. The first-order valence-corrected chi connectivity index (χ1v) is 7.54. The Morgan fingerprint density at radius 2 is 2.28 bits per heavy atom. The number of nitrogens with one attached hydrogen (secondary N) is 1. The Labute approximate surface area is 114 Å². The molecule has 0 amide bonds. The van der Waals surface area contributed by atoms with E-state index in [2.05, 4.69) is 26.8 Å². The highest BCUT2D eigenvalue weighted by Crippen LogP contribution is 2.41. The molecule has 94 valence electrons. The molecule has 6 heteroatoms. The van der Waals surface area contributed by atoms with Crippen molar-refractivity contribution in [2.75, 3.05) is 5.43 Å². The SMILES string of the molecule is Cc1c(NN)nc(C2CC2)nc1Sc1cccs1. The molecule has 0 saturated heterocycles. The summed E-state index contributed by atoms with van der Waals surface area (Å²) in [6.45, 7) is 2.00. The average Bonchev–Trinajstić information content (AvgIpc) is 3.11. The summed E-state index contributed by atoms with van der Waals surface area (Å²) in [5, 5.41) is 3.07. The van der Waals surface area contributed by atoms with Crippen molar-refractivity contribution in [3.05, 3.63) is 28.9 Å². The second-order valence-corrected chi connectivity index (χ2v) is 6.55. The van der Waals surface area contributed by atoms with Crippen LogP contribution >= 0.6 is 23.1 Å². The molecule has 0 aromatic carbocycles. The minimum atomic E-state index is 0.528. The van der Waals surface area contributed by atoms with Crippen molar-refractivity contribution in [2.24, 2.45) is 5.84 Å². The van der Waals surface area contributed by atoms with Gasteiger partial charge in [0.1, 0.15) is 16.7 Å². The maximum Gasteiger partial charge on any atom is 0.147 e. The zero-order valence-electron chi connectivity index (χ0n) is 10.0. The van der Waals surface area contributed by atoms with Gasteiger partial charge in [-0.3, -0.25) is 0 Å². The van der Waals surface area contributed by atoms with Crippen LogP contribution in [0.5, 0.6) is 0 Å². The van der Waals surface area contributed by atoms with E-state index in [9.17, 15) is 0 Å². The van der Waals surface area contributed by atoms with Gasteiger partial charge >= 0.3 is 0 Å². The summed E-state index contributed by atoms with van der Waals surface area (Å²) in [7, 11) is 0. The molecule has 1 aliphatic rings. The highest BCUT2D eigenvalue weighted by atomic mass is 32.2. The summed E-state index contributed by atoms with van der Waals surface area (Å²) in [6.07, 6.45) is 2.38. The van der Waals surface area contributed by atoms with Gasteiger partial charge in [0.05, 0.1) is 4.21 Å². The number of anilines is 1. The van der Waals surface area contributed by atoms with E-state index >= 15 is 0 Å². The molecule has 18 heavy (non-hydrogen) atoms. The molecule has 0 bridgehead atoms. The third-order valence-corrected chi connectivity index (χ3v) is 5.02. The van der Waals surface area contributed by atoms with Crippen LogP contribution in [-0.2, 0) is 0 Å². The fraction of sp³-hybridized carbons (Fsp3) is 0.333. The van der Waals surface area contributed by atoms with E-state index < -0.39 is 0 Å². The van der Waals surface area contributed by atoms with Crippen LogP contribution < -0.4 is 11.3 Å². The van der Waals surface area contributed by atoms with E-state index in [0.717, 1.165) is 22.2 Å². The normalized spacial score (nSPS) is 14.8. The van der Waals surface area contributed by atoms with Gasteiger partial charge in [-0.2, -0.15) is 0 Å². The maximum absolute atomic E-state index is 5.54. The fourth-order valence-corrected chi connectivity index (χ4v) is 3.46. The van der Waals surface area contributed by atoms with Crippen LogP contribution in [0.2, 0.25) is 0 Å². The largest absolute Gasteiger partial charge is 0.308 e. The summed E-state index contributed by atoms with van der Waals surface area (Å²) in [6, 6.07) is 4.15. The van der Waals surface area contributed by atoms with E-state index in [-0.39, 0.29) is 0 Å². The second kappa shape index (κ2) is 4.87. The number of hydrogen-bond donors (Lipinski definition) is 2. The van der Waals surface area contributed by atoms with Gasteiger partial charge < -0.3 is 5.43 Å². The minimum absolute atomic E-state index is 0.528. The smallest absolute Gasteiger partial charge is 0.147 e. The standard InChI is InChI=1S/C12H14N4S2/c1-7-10(16-13)14-11(8-4-5-8)15-12(7)18-9-3-2-6-17-9/h2-3,6,8H,4-5,13H2,1H3,(H,14,15,16). The second-order valence-electron chi connectivity index (χ2n) is 4.31. The van der Waals surface area contributed by atoms with Crippen LogP contribution in [0.15, 0.2) is 26.7 Å². The number of hydrogen-bond acceptors (Lipinski definition) is 6. The number of nitrogens with zero attached hydrogens (tertiary/aromatic N) is 2. The van der Waals surface area contributed by atoms with Crippen molar-refractivity contribution < 1.29 is 0 Å². The van der Waals surface area contributed by atoms with Gasteiger partial charge in [0.15, 0.2) is 0 Å². The van der Waals surface area contributed by atoms with Crippen molar-refractivity contribution >= 4 is 28.9 Å². The molecule has 2 aromatic rings. The molecule has 1 saturated carbocycles. The Hall–Kier alpha value is -1.11. The maximum atomic E-state index is 5.54. The average molecular weight is 278 g/mol. The summed E-state index contributed by atoms with van der Waals surface area (Å²) >= 11 is 3.40. The van der Waals surface area contributed by atoms with Crippen LogP contribution in [-0.4, -0.2) is 9.97 Å². The monoisotopic (exact) mass is 278 g/mol. The third-order valence-electron chi connectivity index (χ3n) is 2.89. The van der Waals surface area contributed by atoms with E-state index in [1.807, 2.05) is 13.0 Å². The first-order chi connectivity index (χ1) is 8.78. The molecule has 1 fully saturated rings. The highest BCUT2D eigenvalue weighted by Gasteiger charge is 2.28. The Kier molecular flexibility index (Phi) is 3.23. The van der Waals surface area contributed by atoms with Crippen LogP contribution in [0, 0.1) is 6.92 Å². The van der Waals surface area contributed by atoms with Crippen LogP contribution in [0.3, 0.4) is 0 Å². The van der Waals surface area contributed by atoms with E-state index in [1.165, 1.54) is 17.1 Å². The van der Waals surface area contributed by atoms with Gasteiger partial charge in [0.2, 0.25) is 0 Å². The van der Waals surface area contributed by atoms with Gasteiger partial charge in [-0.05, 0) is 31.2 Å². The van der Waals surface area contributed by atoms with Crippen LogP contribution in [0.25, 0.3) is 0 Å². The van der Waals surface area contributed by atoms with Gasteiger partial charge in [0, 0.05) is 11.5 Å². The molecule has 2 aromatic heterocycles. The first-order valence-electron chi connectivity index (χ1n) is 5.84. The number of rotatable bonds is 4. The molecule has 0 aliphatic heterocycles. The van der Waals surface area contributed by atoms with Crippen LogP contribution in [0.4, 0.5) is 5.82 Å². The number of aromatic nitrogens is 2. The third kappa shape index (κ3) is 2.36. The molecular formula is C12H14N4S2. The van der Waals surface area contributed by atoms with Crippen molar-refractivity contribution in [3.8, 4) is 0 Å². The lowest BCUT2D eigenvalue weighted by Gasteiger charge is -2.10. The van der Waals surface area contributed by atoms with Crippen LogP contribution in [0.1, 0.15) is 30.1 Å². The predicted octanol–water partition coefficient (Wildman–Crippen LogP) is 3.16. The van der Waals surface area contributed by atoms with E-state index in [1.54, 1.807) is 23.1 Å².